The average molecular weight is 395 g/mol. The molecular formula is C21H25N5O3. The highest BCUT2D eigenvalue weighted by Crippen LogP contribution is 2.33. The lowest BCUT2D eigenvalue weighted by molar-refractivity contribution is -0.162. The van der Waals surface area contributed by atoms with Crippen LogP contribution in [0.15, 0.2) is 30.6 Å². The maximum Gasteiger partial charge on any atom is 0.155 e. The molecule has 29 heavy (non-hydrogen) atoms. The molecule has 1 atom stereocenters. The van der Waals surface area contributed by atoms with Gasteiger partial charge in [0.2, 0.25) is 0 Å². The van der Waals surface area contributed by atoms with Crippen molar-refractivity contribution in [2.75, 3.05) is 37.8 Å². The third kappa shape index (κ3) is 3.42. The van der Waals surface area contributed by atoms with Crippen molar-refractivity contribution in [2.45, 2.75) is 32.0 Å². The van der Waals surface area contributed by atoms with Crippen LogP contribution in [0.25, 0.3) is 22.3 Å². The molecule has 2 aliphatic rings. The van der Waals surface area contributed by atoms with Crippen molar-refractivity contribution in [3.63, 3.8) is 0 Å². The molecule has 152 valence electrons. The van der Waals surface area contributed by atoms with Gasteiger partial charge in [-0.1, -0.05) is 6.92 Å². The zero-order valence-corrected chi connectivity index (χ0v) is 16.7. The number of rotatable bonds is 5. The van der Waals surface area contributed by atoms with Gasteiger partial charge in [-0.3, -0.25) is 5.10 Å². The Morgan fingerprint density at radius 1 is 1.28 bits per heavy atom. The molecule has 2 aliphatic heterocycles. The van der Waals surface area contributed by atoms with Gasteiger partial charge in [-0.25, -0.2) is 9.97 Å². The molecule has 0 radical (unpaired) electrons. The van der Waals surface area contributed by atoms with Crippen molar-refractivity contribution in [1.82, 2.24) is 20.2 Å². The molecule has 0 bridgehead atoms. The predicted octanol–water partition coefficient (Wildman–Crippen LogP) is 2.80. The lowest BCUT2D eigenvalue weighted by atomic mass is 9.98. The summed E-state index contributed by atoms with van der Waals surface area (Å²) in [5.41, 5.74) is 2.32. The van der Waals surface area contributed by atoms with E-state index < -0.39 is 0 Å². The molecule has 0 aliphatic carbocycles. The molecule has 0 amide bonds. The van der Waals surface area contributed by atoms with Gasteiger partial charge < -0.3 is 19.1 Å². The molecule has 8 nitrogen and oxygen atoms in total. The van der Waals surface area contributed by atoms with Crippen molar-refractivity contribution >= 4 is 16.7 Å². The SMILES string of the molecule is CCC1(Oc2ccc3[nH]nc(-c4cc(N5CCOC(C)C5)ncn4)c3c2)COC1. The van der Waals surface area contributed by atoms with Crippen LogP contribution in [0.3, 0.4) is 0 Å². The standard InChI is InChI=1S/C21H25N5O3/c1-3-21(11-27-12-21)29-15-4-5-17-16(8-15)20(25-24-17)18-9-19(23-13-22-18)26-6-7-28-14(2)10-26/h4-5,8-9,13-14H,3,6-7,10-12H2,1-2H3,(H,24,25). The average Bonchev–Trinajstić information content (AvgIpc) is 3.14. The zero-order chi connectivity index (χ0) is 19.8. The summed E-state index contributed by atoms with van der Waals surface area (Å²) >= 11 is 0. The summed E-state index contributed by atoms with van der Waals surface area (Å²) in [7, 11) is 0. The van der Waals surface area contributed by atoms with Gasteiger partial charge in [-0.15, -0.1) is 0 Å². The van der Waals surface area contributed by atoms with Crippen molar-refractivity contribution in [3.05, 3.63) is 30.6 Å². The largest absolute Gasteiger partial charge is 0.482 e. The number of ether oxygens (including phenoxy) is 3. The molecule has 4 heterocycles. The Bertz CT molecular complexity index is 1010. The van der Waals surface area contributed by atoms with Crippen molar-refractivity contribution in [2.24, 2.45) is 0 Å². The number of nitrogens with one attached hydrogen (secondary N) is 1. The third-order valence-electron chi connectivity index (χ3n) is 5.70. The number of benzene rings is 1. The van der Waals surface area contributed by atoms with Gasteiger partial charge in [0, 0.05) is 24.5 Å². The minimum atomic E-state index is -0.216. The Morgan fingerprint density at radius 2 is 2.17 bits per heavy atom. The minimum absolute atomic E-state index is 0.189. The van der Waals surface area contributed by atoms with Crippen LogP contribution in [0.2, 0.25) is 0 Å². The predicted molar refractivity (Wildman–Crippen MR) is 109 cm³/mol. The van der Waals surface area contributed by atoms with E-state index in [2.05, 4.69) is 38.9 Å². The lowest BCUT2D eigenvalue weighted by Crippen LogP contribution is -2.53. The number of anilines is 1. The molecule has 2 aromatic heterocycles. The lowest BCUT2D eigenvalue weighted by Gasteiger charge is -2.40. The van der Waals surface area contributed by atoms with Crippen LogP contribution in [0, 0.1) is 0 Å². The molecule has 8 heteroatoms. The summed E-state index contributed by atoms with van der Waals surface area (Å²) in [4.78, 5) is 11.2. The summed E-state index contributed by atoms with van der Waals surface area (Å²) in [6.45, 7) is 7.81. The van der Waals surface area contributed by atoms with Gasteiger partial charge in [-0.2, -0.15) is 5.10 Å². The first-order valence-electron chi connectivity index (χ1n) is 10.1. The fourth-order valence-electron chi connectivity index (χ4n) is 3.84. The quantitative estimate of drug-likeness (QED) is 0.711. The number of hydrogen-bond donors (Lipinski definition) is 1. The number of fused-ring (bicyclic) bond motifs is 1. The maximum atomic E-state index is 6.26. The molecule has 2 saturated heterocycles. The van der Waals surface area contributed by atoms with Crippen LogP contribution in [-0.4, -0.2) is 64.8 Å². The van der Waals surface area contributed by atoms with E-state index in [1.165, 1.54) is 0 Å². The summed E-state index contributed by atoms with van der Waals surface area (Å²) in [6.07, 6.45) is 2.70. The van der Waals surface area contributed by atoms with E-state index in [4.69, 9.17) is 14.2 Å². The second-order valence-corrected chi connectivity index (χ2v) is 7.80. The Labute approximate surface area is 169 Å². The molecule has 2 fully saturated rings. The van der Waals surface area contributed by atoms with Crippen molar-refractivity contribution < 1.29 is 14.2 Å². The van der Waals surface area contributed by atoms with Crippen LogP contribution in [0.4, 0.5) is 5.82 Å². The molecule has 0 spiro atoms. The molecule has 5 rings (SSSR count). The van der Waals surface area contributed by atoms with Gasteiger partial charge in [-0.05, 0) is 31.5 Å². The van der Waals surface area contributed by atoms with Gasteiger partial charge in [0.1, 0.15) is 23.6 Å². The first-order valence-corrected chi connectivity index (χ1v) is 10.1. The monoisotopic (exact) mass is 395 g/mol. The molecular weight excluding hydrogens is 370 g/mol. The number of morpholine rings is 1. The van der Waals surface area contributed by atoms with E-state index in [1.54, 1.807) is 6.33 Å². The number of H-pyrrole nitrogens is 1. The first kappa shape index (κ1) is 18.3. The Morgan fingerprint density at radius 3 is 2.93 bits per heavy atom. The summed E-state index contributed by atoms with van der Waals surface area (Å²) in [6, 6.07) is 7.99. The zero-order valence-electron chi connectivity index (χ0n) is 16.7. The fraction of sp³-hybridized carbons (Fsp3) is 0.476. The van der Waals surface area contributed by atoms with Gasteiger partial charge in [0.15, 0.2) is 5.60 Å². The molecule has 0 saturated carbocycles. The van der Waals surface area contributed by atoms with Crippen LogP contribution in [0.5, 0.6) is 5.75 Å². The third-order valence-corrected chi connectivity index (χ3v) is 5.70. The highest BCUT2D eigenvalue weighted by atomic mass is 16.6. The first-order chi connectivity index (χ1) is 14.2. The van der Waals surface area contributed by atoms with Crippen LogP contribution in [0.1, 0.15) is 20.3 Å². The Hall–Kier alpha value is -2.71. The molecule has 3 aromatic rings. The van der Waals surface area contributed by atoms with Crippen molar-refractivity contribution in [1.29, 1.82) is 0 Å². The topological polar surface area (TPSA) is 85.4 Å². The van der Waals surface area contributed by atoms with E-state index in [1.807, 2.05) is 24.3 Å². The van der Waals surface area contributed by atoms with E-state index in [0.29, 0.717) is 19.8 Å². The smallest absolute Gasteiger partial charge is 0.155 e. The maximum absolute atomic E-state index is 6.26. The van der Waals surface area contributed by atoms with E-state index >= 15 is 0 Å². The normalized spacial score (nSPS) is 21.2. The van der Waals surface area contributed by atoms with Crippen LogP contribution >= 0.6 is 0 Å². The number of aromatic amines is 1. The number of hydrogen-bond acceptors (Lipinski definition) is 7. The second kappa shape index (κ2) is 7.27. The fourth-order valence-corrected chi connectivity index (χ4v) is 3.84. The van der Waals surface area contributed by atoms with Gasteiger partial charge >= 0.3 is 0 Å². The summed E-state index contributed by atoms with van der Waals surface area (Å²) < 4.78 is 17.3. The van der Waals surface area contributed by atoms with Crippen molar-refractivity contribution in [3.8, 4) is 17.1 Å². The molecule has 1 unspecified atom stereocenters. The highest BCUT2D eigenvalue weighted by Gasteiger charge is 2.39. The highest BCUT2D eigenvalue weighted by molar-refractivity contribution is 5.93. The van der Waals surface area contributed by atoms with E-state index in [-0.39, 0.29) is 11.7 Å². The van der Waals surface area contributed by atoms with Gasteiger partial charge in [0.05, 0.1) is 37.1 Å². The number of nitrogens with zero attached hydrogens (tertiary/aromatic N) is 4. The minimum Gasteiger partial charge on any atom is -0.482 e. The second-order valence-electron chi connectivity index (χ2n) is 7.80. The Balaban J connectivity index is 1.47. The number of aromatic nitrogens is 4. The molecule has 1 N–H and O–H groups in total. The van der Waals surface area contributed by atoms with E-state index in [9.17, 15) is 0 Å². The molecule has 1 aromatic carbocycles. The Kier molecular flexibility index (Phi) is 4.60. The van der Waals surface area contributed by atoms with E-state index in [0.717, 1.165) is 53.4 Å². The summed E-state index contributed by atoms with van der Waals surface area (Å²) in [5.74, 6) is 1.71. The van der Waals surface area contributed by atoms with Crippen LogP contribution < -0.4 is 9.64 Å². The van der Waals surface area contributed by atoms with Crippen LogP contribution in [-0.2, 0) is 9.47 Å². The summed E-state index contributed by atoms with van der Waals surface area (Å²) in [5, 5.41) is 8.60. The van der Waals surface area contributed by atoms with Gasteiger partial charge in [0.25, 0.3) is 0 Å².